The van der Waals surface area contributed by atoms with Crippen LogP contribution in [-0.4, -0.2) is 9.55 Å². The van der Waals surface area contributed by atoms with Gasteiger partial charge in [0.15, 0.2) is 0 Å². The molecule has 4 nitrogen and oxygen atoms in total. The molecule has 0 saturated carbocycles. The predicted molar refractivity (Wildman–Crippen MR) is 113 cm³/mol. The number of para-hydroxylation sites is 1. The number of aromatic nitrogens is 2. The fourth-order valence-corrected chi connectivity index (χ4v) is 4.02. The van der Waals surface area contributed by atoms with E-state index in [0.29, 0.717) is 5.88 Å². The summed E-state index contributed by atoms with van der Waals surface area (Å²) in [6, 6.07) is 16.1. The lowest BCUT2D eigenvalue weighted by atomic mass is 10.1. The standard InChI is InChI=1S/C24H22N2O2/c1-4-13-26-16(3)15(2)18-11-12-25-24(23(18)26)27-17-9-10-22-20(14-17)19-7-5-6-8-21(19)28-22/h5-12,14H,4,13H2,1-3H3. The summed E-state index contributed by atoms with van der Waals surface area (Å²) in [5, 5.41) is 3.34. The fourth-order valence-electron chi connectivity index (χ4n) is 4.02. The van der Waals surface area contributed by atoms with E-state index in [9.17, 15) is 0 Å². The maximum Gasteiger partial charge on any atom is 0.244 e. The first-order valence-corrected chi connectivity index (χ1v) is 9.71. The van der Waals surface area contributed by atoms with Crippen molar-refractivity contribution in [2.75, 3.05) is 0 Å². The zero-order valence-corrected chi connectivity index (χ0v) is 16.3. The predicted octanol–water partition coefficient (Wildman–Crippen LogP) is 6.75. The molecular formula is C24H22N2O2. The summed E-state index contributed by atoms with van der Waals surface area (Å²) in [6.07, 6.45) is 2.89. The molecule has 4 heteroatoms. The number of nitrogens with zero attached hydrogens (tertiary/aromatic N) is 2. The van der Waals surface area contributed by atoms with E-state index in [1.807, 2.05) is 42.6 Å². The second kappa shape index (κ2) is 6.41. The minimum absolute atomic E-state index is 0.648. The third-order valence-electron chi connectivity index (χ3n) is 5.52. The summed E-state index contributed by atoms with van der Waals surface area (Å²) in [7, 11) is 0. The second-order valence-corrected chi connectivity index (χ2v) is 7.23. The van der Waals surface area contributed by atoms with Gasteiger partial charge in [-0.25, -0.2) is 4.98 Å². The number of rotatable bonds is 4. The van der Waals surface area contributed by atoms with Gasteiger partial charge in [-0.1, -0.05) is 25.1 Å². The van der Waals surface area contributed by atoms with Crippen LogP contribution in [0.4, 0.5) is 0 Å². The van der Waals surface area contributed by atoms with Crippen molar-refractivity contribution in [2.45, 2.75) is 33.7 Å². The highest BCUT2D eigenvalue weighted by atomic mass is 16.5. The number of ether oxygens (including phenoxy) is 1. The molecule has 140 valence electrons. The van der Waals surface area contributed by atoms with Gasteiger partial charge in [-0.2, -0.15) is 0 Å². The van der Waals surface area contributed by atoms with Crippen molar-refractivity contribution in [3.63, 3.8) is 0 Å². The molecule has 2 aromatic carbocycles. The van der Waals surface area contributed by atoms with Gasteiger partial charge >= 0.3 is 0 Å². The van der Waals surface area contributed by atoms with Gasteiger partial charge < -0.3 is 13.7 Å². The van der Waals surface area contributed by atoms with Gasteiger partial charge in [0.2, 0.25) is 5.88 Å². The Balaban J connectivity index is 1.65. The van der Waals surface area contributed by atoms with Crippen molar-refractivity contribution in [2.24, 2.45) is 0 Å². The average Bonchev–Trinajstić information content (AvgIpc) is 3.20. The summed E-state index contributed by atoms with van der Waals surface area (Å²) < 4.78 is 14.5. The molecule has 0 unspecified atom stereocenters. The van der Waals surface area contributed by atoms with Crippen LogP contribution in [0.15, 0.2) is 59.1 Å². The maximum atomic E-state index is 6.30. The lowest BCUT2D eigenvalue weighted by molar-refractivity contribution is 0.465. The van der Waals surface area contributed by atoms with E-state index in [1.165, 1.54) is 16.6 Å². The Morgan fingerprint density at radius 3 is 2.64 bits per heavy atom. The number of hydrogen-bond donors (Lipinski definition) is 0. The molecule has 3 aromatic heterocycles. The highest BCUT2D eigenvalue weighted by molar-refractivity contribution is 6.05. The highest BCUT2D eigenvalue weighted by Gasteiger charge is 2.17. The molecule has 0 atom stereocenters. The first-order chi connectivity index (χ1) is 13.7. The van der Waals surface area contributed by atoms with E-state index < -0.39 is 0 Å². The van der Waals surface area contributed by atoms with E-state index in [4.69, 9.17) is 9.15 Å². The molecule has 0 radical (unpaired) electrons. The number of pyridine rings is 1. The van der Waals surface area contributed by atoms with E-state index >= 15 is 0 Å². The van der Waals surface area contributed by atoms with Crippen LogP contribution in [0.3, 0.4) is 0 Å². The molecule has 0 fully saturated rings. The SMILES string of the molecule is CCCn1c(C)c(C)c2ccnc(Oc3ccc4oc5ccccc5c4c3)c21. The van der Waals surface area contributed by atoms with Crippen molar-refractivity contribution in [1.29, 1.82) is 0 Å². The van der Waals surface area contributed by atoms with Crippen molar-refractivity contribution in [1.82, 2.24) is 9.55 Å². The summed E-state index contributed by atoms with van der Waals surface area (Å²) in [4.78, 5) is 4.56. The maximum absolute atomic E-state index is 6.30. The van der Waals surface area contributed by atoms with E-state index in [0.717, 1.165) is 46.2 Å². The van der Waals surface area contributed by atoms with E-state index in [1.54, 1.807) is 0 Å². The van der Waals surface area contributed by atoms with Gasteiger partial charge in [0.25, 0.3) is 0 Å². The van der Waals surface area contributed by atoms with Crippen LogP contribution in [0.1, 0.15) is 24.6 Å². The van der Waals surface area contributed by atoms with Crippen LogP contribution in [0.5, 0.6) is 11.6 Å². The summed E-state index contributed by atoms with van der Waals surface area (Å²) in [5.41, 5.74) is 5.37. The topological polar surface area (TPSA) is 40.2 Å². The monoisotopic (exact) mass is 370 g/mol. The van der Waals surface area contributed by atoms with Gasteiger partial charge in [0.1, 0.15) is 22.4 Å². The van der Waals surface area contributed by atoms with Crippen LogP contribution in [0, 0.1) is 13.8 Å². The van der Waals surface area contributed by atoms with Crippen LogP contribution >= 0.6 is 0 Å². The Labute approximate surface area is 163 Å². The van der Waals surface area contributed by atoms with Gasteiger partial charge in [-0.3, -0.25) is 0 Å². The third-order valence-corrected chi connectivity index (χ3v) is 5.52. The van der Waals surface area contributed by atoms with Crippen LogP contribution in [0.25, 0.3) is 32.8 Å². The second-order valence-electron chi connectivity index (χ2n) is 7.23. The molecule has 3 heterocycles. The quantitative estimate of drug-likeness (QED) is 0.351. The lowest BCUT2D eigenvalue weighted by Gasteiger charge is -2.11. The van der Waals surface area contributed by atoms with Crippen molar-refractivity contribution < 1.29 is 9.15 Å². The molecule has 0 aliphatic rings. The van der Waals surface area contributed by atoms with Gasteiger partial charge in [-0.05, 0) is 56.2 Å². The number of fused-ring (bicyclic) bond motifs is 4. The Morgan fingerprint density at radius 1 is 0.964 bits per heavy atom. The number of benzene rings is 2. The van der Waals surface area contributed by atoms with E-state index in [2.05, 4.69) is 42.5 Å². The van der Waals surface area contributed by atoms with Gasteiger partial charge in [0.05, 0.1) is 0 Å². The Kier molecular flexibility index (Phi) is 3.86. The zero-order chi connectivity index (χ0) is 19.3. The molecule has 0 spiro atoms. The molecule has 0 amide bonds. The Hall–Kier alpha value is -3.27. The van der Waals surface area contributed by atoms with Crippen molar-refractivity contribution in [3.8, 4) is 11.6 Å². The molecule has 0 N–H and O–H groups in total. The summed E-state index contributed by atoms with van der Waals surface area (Å²) in [6.45, 7) is 7.47. The normalized spacial score (nSPS) is 11.7. The molecular weight excluding hydrogens is 348 g/mol. The molecule has 0 aliphatic carbocycles. The van der Waals surface area contributed by atoms with E-state index in [-0.39, 0.29) is 0 Å². The van der Waals surface area contributed by atoms with Crippen molar-refractivity contribution >= 4 is 32.8 Å². The number of aryl methyl sites for hydroxylation is 2. The van der Waals surface area contributed by atoms with Crippen molar-refractivity contribution in [3.05, 3.63) is 66.0 Å². The summed E-state index contributed by atoms with van der Waals surface area (Å²) in [5.74, 6) is 1.41. The Morgan fingerprint density at radius 2 is 1.79 bits per heavy atom. The van der Waals surface area contributed by atoms with Gasteiger partial charge in [-0.15, -0.1) is 0 Å². The minimum Gasteiger partial charge on any atom is -0.456 e. The number of hydrogen-bond acceptors (Lipinski definition) is 3. The van der Waals surface area contributed by atoms with Crippen LogP contribution in [0.2, 0.25) is 0 Å². The number of furan rings is 1. The summed E-state index contributed by atoms with van der Waals surface area (Å²) >= 11 is 0. The molecule has 5 rings (SSSR count). The molecule has 0 saturated heterocycles. The lowest BCUT2D eigenvalue weighted by Crippen LogP contribution is -2.01. The molecule has 5 aromatic rings. The highest BCUT2D eigenvalue weighted by Crippen LogP contribution is 2.36. The third kappa shape index (κ3) is 2.48. The first-order valence-electron chi connectivity index (χ1n) is 9.71. The van der Waals surface area contributed by atoms with Crippen LogP contribution < -0.4 is 4.74 Å². The average molecular weight is 370 g/mol. The van der Waals surface area contributed by atoms with Gasteiger partial charge in [0, 0.05) is 34.6 Å². The first kappa shape index (κ1) is 16.9. The van der Waals surface area contributed by atoms with Crippen LogP contribution in [-0.2, 0) is 6.54 Å². The minimum atomic E-state index is 0.648. The zero-order valence-electron chi connectivity index (χ0n) is 16.3. The molecule has 28 heavy (non-hydrogen) atoms. The molecule has 0 bridgehead atoms. The largest absolute Gasteiger partial charge is 0.456 e. The fraction of sp³-hybridized carbons (Fsp3) is 0.208. The molecule has 0 aliphatic heterocycles. The smallest absolute Gasteiger partial charge is 0.244 e. The Bertz CT molecular complexity index is 1330.